The second kappa shape index (κ2) is 11.8. The molecule has 0 bridgehead atoms. The van der Waals surface area contributed by atoms with E-state index in [1.165, 1.54) is 0 Å². The molecule has 3 amide bonds. The summed E-state index contributed by atoms with van der Waals surface area (Å²) in [4.78, 5) is 33.4. The largest absolute Gasteiger partial charge is 0.336 e. The van der Waals surface area contributed by atoms with Gasteiger partial charge in [-0.1, -0.05) is 33.8 Å². The minimum atomic E-state index is -0.0783. The maximum atomic E-state index is 12.6. The number of amides is 3. The molecule has 1 aromatic rings. The molecule has 7 nitrogen and oxygen atoms in total. The number of carbonyl (C=O) groups excluding carboxylic acids is 2. The number of likely N-dealkylation sites (N-methyl/N-ethyl adjacent to an activating group) is 1. The second-order valence-electron chi connectivity index (χ2n) is 8.16. The summed E-state index contributed by atoms with van der Waals surface area (Å²) in [7, 11) is 0. The number of carbonyl (C=O) groups is 2. The van der Waals surface area contributed by atoms with E-state index in [0.29, 0.717) is 50.3 Å². The quantitative estimate of drug-likeness (QED) is 0.664. The average Bonchev–Trinajstić information content (AvgIpc) is 2.73. The van der Waals surface area contributed by atoms with Crippen molar-refractivity contribution < 1.29 is 9.59 Å². The molecule has 0 aliphatic carbocycles. The van der Waals surface area contributed by atoms with Crippen LogP contribution in [-0.4, -0.2) is 65.5 Å². The highest BCUT2D eigenvalue weighted by Crippen LogP contribution is 2.19. The number of hydrogen-bond donors (Lipinski definition) is 2. The fourth-order valence-electron chi connectivity index (χ4n) is 3.97. The van der Waals surface area contributed by atoms with Gasteiger partial charge in [0.05, 0.1) is 0 Å². The van der Waals surface area contributed by atoms with Crippen molar-refractivity contribution in [3.05, 3.63) is 24.4 Å². The van der Waals surface area contributed by atoms with Crippen LogP contribution in [0.15, 0.2) is 24.4 Å². The number of urea groups is 1. The van der Waals surface area contributed by atoms with Gasteiger partial charge in [-0.2, -0.15) is 0 Å². The van der Waals surface area contributed by atoms with Crippen LogP contribution in [-0.2, 0) is 4.79 Å². The number of aromatic nitrogens is 1. The van der Waals surface area contributed by atoms with E-state index in [2.05, 4.69) is 48.2 Å². The minimum absolute atomic E-state index is 0.0118. The monoisotopic (exact) mass is 403 g/mol. The van der Waals surface area contributed by atoms with Gasteiger partial charge in [0.1, 0.15) is 5.82 Å². The summed E-state index contributed by atoms with van der Waals surface area (Å²) in [6.07, 6.45) is 4.08. The molecule has 1 aliphatic rings. The third kappa shape index (κ3) is 7.31. The van der Waals surface area contributed by atoms with Gasteiger partial charge >= 0.3 is 6.03 Å². The lowest BCUT2D eigenvalue weighted by atomic mass is 9.96. The molecule has 162 valence electrons. The predicted molar refractivity (Wildman–Crippen MR) is 117 cm³/mol. The normalized spacial score (nSPS) is 16.1. The van der Waals surface area contributed by atoms with Crippen molar-refractivity contribution in [2.45, 2.75) is 53.0 Å². The molecule has 0 unspecified atom stereocenters. The van der Waals surface area contributed by atoms with Gasteiger partial charge in [-0.3, -0.25) is 9.69 Å². The molecule has 7 heteroatoms. The molecule has 0 aromatic carbocycles. The molecule has 1 atom stereocenters. The lowest BCUT2D eigenvalue weighted by Gasteiger charge is -2.34. The molecule has 0 radical (unpaired) electrons. The zero-order chi connectivity index (χ0) is 21.2. The smallest absolute Gasteiger partial charge is 0.317 e. The highest BCUT2D eigenvalue weighted by atomic mass is 16.2. The van der Waals surface area contributed by atoms with Crippen molar-refractivity contribution in [1.82, 2.24) is 20.1 Å². The van der Waals surface area contributed by atoms with Crippen LogP contribution in [0.5, 0.6) is 0 Å². The molecule has 1 aliphatic heterocycles. The van der Waals surface area contributed by atoms with Crippen LogP contribution in [0.4, 0.5) is 10.6 Å². The van der Waals surface area contributed by atoms with Crippen molar-refractivity contribution in [1.29, 1.82) is 0 Å². The minimum Gasteiger partial charge on any atom is -0.336 e. The standard InChI is InChI=1S/C22H37N5O2/c1-5-26(6-2)19(15-17(3)4)16-24-22(29)27-13-10-18(11-14-27)21(28)25-20-9-7-8-12-23-20/h7-9,12,17-19H,5-6,10-11,13-16H2,1-4H3,(H,24,29)(H,23,25,28)/t19-/m1/s1. The molecule has 2 heterocycles. The summed E-state index contributed by atoms with van der Waals surface area (Å²) in [5.41, 5.74) is 0. The molecule has 1 aromatic heterocycles. The summed E-state index contributed by atoms with van der Waals surface area (Å²) in [5, 5.41) is 5.99. The topological polar surface area (TPSA) is 77.6 Å². The van der Waals surface area contributed by atoms with E-state index in [4.69, 9.17) is 0 Å². The fraction of sp³-hybridized carbons (Fsp3) is 0.682. The summed E-state index contributed by atoms with van der Waals surface area (Å²) in [6, 6.07) is 5.79. The number of rotatable bonds is 9. The van der Waals surface area contributed by atoms with E-state index in [0.717, 1.165) is 19.5 Å². The zero-order valence-electron chi connectivity index (χ0n) is 18.4. The summed E-state index contributed by atoms with van der Waals surface area (Å²) in [6.45, 7) is 12.6. The Morgan fingerprint density at radius 3 is 2.45 bits per heavy atom. The van der Waals surface area contributed by atoms with Crippen LogP contribution in [0.25, 0.3) is 0 Å². The molecule has 1 fully saturated rings. The van der Waals surface area contributed by atoms with E-state index < -0.39 is 0 Å². The molecule has 29 heavy (non-hydrogen) atoms. The molecule has 0 saturated carbocycles. The van der Waals surface area contributed by atoms with Crippen LogP contribution in [0.1, 0.15) is 47.0 Å². The summed E-state index contributed by atoms with van der Waals surface area (Å²) >= 11 is 0. The number of nitrogens with one attached hydrogen (secondary N) is 2. The molecule has 2 N–H and O–H groups in total. The van der Waals surface area contributed by atoms with Crippen LogP contribution >= 0.6 is 0 Å². The number of hydrogen-bond acceptors (Lipinski definition) is 4. The van der Waals surface area contributed by atoms with E-state index in [-0.39, 0.29) is 17.9 Å². The average molecular weight is 404 g/mol. The Labute approximate surface area is 175 Å². The first-order valence-electron chi connectivity index (χ1n) is 10.9. The molecular weight excluding hydrogens is 366 g/mol. The SMILES string of the molecule is CCN(CC)[C@@H](CNC(=O)N1CCC(C(=O)Nc2ccccn2)CC1)CC(C)C. The first-order chi connectivity index (χ1) is 13.9. The van der Waals surface area contributed by atoms with E-state index in [1.807, 2.05) is 17.0 Å². The lowest BCUT2D eigenvalue weighted by Crippen LogP contribution is -2.50. The first kappa shape index (κ1) is 23.1. The summed E-state index contributed by atoms with van der Waals surface area (Å²) < 4.78 is 0. The Morgan fingerprint density at radius 1 is 1.21 bits per heavy atom. The number of likely N-dealkylation sites (tertiary alicyclic amines) is 1. The van der Waals surface area contributed by atoms with Crippen LogP contribution < -0.4 is 10.6 Å². The van der Waals surface area contributed by atoms with Crippen molar-refractivity contribution >= 4 is 17.8 Å². The second-order valence-corrected chi connectivity index (χ2v) is 8.16. The van der Waals surface area contributed by atoms with Crippen LogP contribution in [0.2, 0.25) is 0 Å². The molecule has 0 spiro atoms. The molecule has 1 saturated heterocycles. The van der Waals surface area contributed by atoms with Gasteiger partial charge in [0, 0.05) is 37.8 Å². The first-order valence-corrected chi connectivity index (χ1v) is 10.9. The van der Waals surface area contributed by atoms with Gasteiger partial charge in [0.25, 0.3) is 0 Å². The molecular formula is C22H37N5O2. The molecule has 2 rings (SSSR count). The van der Waals surface area contributed by atoms with Gasteiger partial charge in [-0.15, -0.1) is 0 Å². The number of piperidine rings is 1. The van der Waals surface area contributed by atoms with Gasteiger partial charge in [-0.25, -0.2) is 9.78 Å². The van der Waals surface area contributed by atoms with E-state index in [9.17, 15) is 9.59 Å². The zero-order valence-corrected chi connectivity index (χ0v) is 18.4. The summed E-state index contributed by atoms with van der Waals surface area (Å²) in [5.74, 6) is 1.07. The number of pyridine rings is 1. The highest BCUT2D eigenvalue weighted by molar-refractivity contribution is 5.91. The van der Waals surface area contributed by atoms with E-state index >= 15 is 0 Å². The number of anilines is 1. The highest BCUT2D eigenvalue weighted by Gasteiger charge is 2.28. The van der Waals surface area contributed by atoms with Gasteiger partial charge < -0.3 is 15.5 Å². The Balaban J connectivity index is 1.79. The van der Waals surface area contributed by atoms with Gasteiger partial charge in [-0.05, 0) is 50.4 Å². The van der Waals surface area contributed by atoms with Crippen LogP contribution in [0.3, 0.4) is 0 Å². The van der Waals surface area contributed by atoms with Gasteiger partial charge in [0.15, 0.2) is 0 Å². The van der Waals surface area contributed by atoms with E-state index in [1.54, 1.807) is 12.3 Å². The Hall–Kier alpha value is -2.15. The maximum absolute atomic E-state index is 12.6. The third-order valence-corrected chi connectivity index (χ3v) is 5.63. The Kier molecular flexibility index (Phi) is 9.38. The van der Waals surface area contributed by atoms with Crippen molar-refractivity contribution in [3.63, 3.8) is 0 Å². The fourth-order valence-corrected chi connectivity index (χ4v) is 3.97. The van der Waals surface area contributed by atoms with Crippen molar-refractivity contribution in [3.8, 4) is 0 Å². The third-order valence-electron chi connectivity index (χ3n) is 5.63. The number of nitrogens with zero attached hydrogens (tertiary/aromatic N) is 3. The maximum Gasteiger partial charge on any atom is 0.317 e. The van der Waals surface area contributed by atoms with Crippen molar-refractivity contribution in [2.75, 3.05) is 38.0 Å². The predicted octanol–water partition coefficient (Wildman–Crippen LogP) is 3.20. The van der Waals surface area contributed by atoms with Gasteiger partial charge in [0.2, 0.25) is 5.91 Å². The Morgan fingerprint density at radius 2 is 1.90 bits per heavy atom. The van der Waals surface area contributed by atoms with Crippen molar-refractivity contribution in [2.24, 2.45) is 11.8 Å². The van der Waals surface area contributed by atoms with Crippen LogP contribution in [0, 0.1) is 11.8 Å². The lowest BCUT2D eigenvalue weighted by molar-refractivity contribution is -0.121. The Bertz CT molecular complexity index is 625.